The summed E-state index contributed by atoms with van der Waals surface area (Å²) in [5.41, 5.74) is -0.932. The van der Waals surface area contributed by atoms with Crippen LogP contribution in [0.4, 0.5) is 22.0 Å². The molecule has 0 radical (unpaired) electrons. The van der Waals surface area contributed by atoms with E-state index in [0.29, 0.717) is 4.68 Å². The molecule has 1 aromatic heterocycles. The maximum absolute atomic E-state index is 13.0. The van der Waals surface area contributed by atoms with Crippen molar-refractivity contribution in [3.05, 3.63) is 16.3 Å². The number of H-pyrrole nitrogens is 1. The lowest BCUT2D eigenvalue weighted by Crippen LogP contribution is -2.27. The highest BCUT2D eigenvalue weighted by molar-refractivity contribution is 4.89. The molecule has 1 N–H and O–H groups in total. The monoisotopic (exact) mass is 299 g/mol. The summed E-state index contributed by atoms with van der Waals surface area (Å²) in [6.07, 6.45) is -4.21. The van der Waals surface area contributed by atoms with E-state index in [0.717, 1.165) is 0 Å². The maximum atomic E-state index is 13.0. The van der Waals surface area contributed by atoms with Gasteiger partial charge in [0.1, 0.15) is 12.4 Å². The van der Waals surface area contributed by atoms with Crippen molar-refractivity contribution in [1.82, 2.24) is 14.8 Å². The van der Waals surface area contributed by atoms with Gasteiger partial charge in [-0.1, -0.05) is 0 Å². The highest BCUT2D eigenvalue weighted by Gasteiger charge is 2.35. The van der Waals surface area contributed by atoms with Gasteiger partial charge < -0.3 is 0 Å². The zero-order chi connectivity index (χ0) is 15.0. The summed E-state index contributed by atoms with van der Waals surface area (Å²) in [4.78, 5) is 13.5. The van der Waals surface area contributed by atoms with Gasteiger partial charge in [0.2, 0.25) is 5.92 Å². The maximum Gasteiger partial charge on any atom is 0.408 e. The van der Waals surface area contributed by atoms with Gasteiger partial charge in [0.25, 0.3) is 0 Å². The summed E-state index contributed by atoms with van der Waals surface area (Å²) in [5.74, 6) is -2.62. The van der Waals surface area contributed by atoms with E-state index in [2.05, 4.69) is 10.1 Å². The first-order valence-corrected chi connectivity index (χ1v) is 6.25. The van der Waals surface area contributed by atoms with Crippen LogP contribution in [0.3, 0.4) is 0 Å². The second-order valence-corrected chi connectivity index (χ2v) is 5.15. The smallest absolute Gasteiger partial charge is 0.293 e. The zero-order valence-corrected chi connectivity index (χ0v) is 10.5. The summed E-state index contributed by atoms with van der Waals surface area (Å²) in [6.45, 7) is -1.45. The lowest BCUT2D eigenvalue weighted by Gasteiger charge is -2.27. The van der Waals surface area contributed by atoms with E-state index in [9.17, 15) is 26.7 Å². The molecule has 0 spiro atoms. The van der Waals surface area contributed by atoms with Crippen LogP contribution in [-0.4, -0.2) is 26.9 Å². The molecule has 0 saturated heterocycles. The van der Waals surface area contributed by atoms with E-state index in [1.54, 1.807) is 0 Å². The molecular weight excluding hydrogens is 285 g/mol. The minimum Gasteiger partial charge on any atom is -0.293 e. The third kappa shape index (κ3) is 4.04. The number of hydrogen-bond donors (Lipinski definition) is 1. The number of aromatic amines is 1. The highest BCUT2D eigenvalue weighted by Crippen LogP contribution is 2.37. The molecule has 20 heavy (non-hydrogen) atoms. The van der Waals surface area contributed by atoms with Crippen LogP contribution in [0.1, 0.15) is 31.5 Å². The van der Waals surface area contributed by atoms with Crippen LogP contribution in [0, 0.1) is 5.92 Å². The van der Waals surface area contributed by atoms with Gasteiger partial charge >= 0.3 is 11.9 Å². The fraction of sp³-hybridized carbons (Fsp3) is 0.818. The molecule has 0 aliphatic heterocycles. The second kappa shape index (κ2) is 5.17. The first-order chi connectivity index (χ1) is 9.15. The average Bonchev–Trinajstić information content (AvgIpc) is 2.60. The van der Waals surface area contributed by atoms with Gasteiger partial charge in [0, 0.05) is 19.3 Å². The molecule has 2 rings (SSSR count). The zero-order valence-electron chi connectivity index (χ0n) is 10.5. The van der Waals surface area contributed by atoms with Crippen molar-refractivity contribution in [2.45, 2.75) is 50.7 Å². The van der Waals surface area contributed by atoms with E-state index < -0.39 is 24.3 Å². The van der Waals surface area contributed by atoms with Gasteiger partial charge in [0.05, 0.1) is 0 Å². The number of nitrogens with zero attached hydrogens (tertiary/aromatic N) is 2. The molecule has 1 heterocycles. The lowest BCUT2D eigenvalue weighted by atomic mass is 9.85. The van der Waals surface area contributed by atoms with Crippen molar-refractivity contribution in [3.63, 3.8) is 0 Å². The van der Waals surface area contributed by atoms with E-state index >= 15 is 0 Å². The quantitative estimate of drug-likeness (QED) is 0.872. The van der Waals surface area contributed by atoms with Crippen LogP contribution < -0.4 is 5.69 Å². The van der Waals surface area contributed by atoms with Crippen LogP contribution in [0.5, 0.6) is 0 Å². The Balaban J connectivity index is 1.98. The predicted octanol–water partition coefficient (Wildman–Crippen LogP) is 2.50. The van der Waals surface area contributed by atoms with Gasteiger partial charge in [-0.25, -0.2) is 18.3 Å². The van der Waals surface area contributed by atoms with Crippen molar-refractivity contribution < 1.29 is 22.0 Å². The summed E-state index contributed by atoms with van der Waals surface area (Å²) in [6, 6.07) is 0. The summed E-state index contributed by atoms with van der Waals surface area (Å²) in [5, 5.41) is 3.57. The predicted molar refractivity (Wildman–Crippen MR) is 59.5 cm³/mol. The average molecular weight is 299 g/mol. The Bertz CT molecular complexity index is 509. The number of nitrogens with one attached hydrogen (secondary N) is 1. The van der Waals surface area contributed by atoms with E-state index in [-0.39, 0.29) is 43.8 Å². The van der Waals surface area contributed by atoms with E-state index in [4.69, 9.17) is 0 Å². The van der Waals surface area contributed by atoms with Gasteiger partial charge in [0.15, 0.2) is 0 Å². The topological polar surface area (TPSA) is 50.7 Å². The third-order valence-corrected chi connectivity index (χ3v) is 3.37. The number of alkyl halides is 5. The Kier molecular flexibility index (Phi) is 3.88. The molecule has 1 aromatic rings. The SMILES string of the molecule is O=c1[nH]c(CC2CCC(F)(F)CC2)nn1CC(F)(F)F. The van der Waals surface area contributed by atoms with Crippen LogP contribution in [0.15, 0.2) is 4.79 Å². The molecule has 0 amide bonds. The molecular formula is C11H14F5N3O. The Hall–Kier alpha value is -1.41. The Morgan fingerprint density at radius 3 is 2.45 bits per heavy atom. The molecule has 0 aromatic carbocycles. The van der Waals surface area contributed by atoms with Crippen molar-refractivity contribution in [3.8, 4) is 0 Å². The first-order valence-electron chi connectivity index (χ1n) is 6.25. The van der Waals surface area contributed by atoms with Gasteiger partial charge in [-0.05, 0) is 18.8 Å². The fourth-order valence-corrected chi connectivity index (χ4v) is 2.35. The Morgan fingerprint density at radius 1 is 1.30 bits per heavy atom. The molecule has 1 saturated carbocycles. The molecule has 1 aliphatic carbocycles. The van der Waals surface area contributed by atoms with Crippen LogP contribution in [0.25, 0.3) is 0 Å². The number of aromatic nitrogens is 3. The summed E-state index contributed by atoms with van der Waals surface area (Å²) >= 11 is 0. The molecule has 0 atom stereocenters. The lowest BCUT2D eigenvalue weighted by molar-refractivity contribution is -0.143. The minimum absolute atomic E-state index is 0.0838. The van der Waals surface area contributed by atoms with Gasteiger partial charge in [-0.15, -0.1) is 0 Å². The fourth-order valence-electron chi connectivity index (χ4n) is 2.35. The summed E-state index contributed by atoms with van der Waals surface area (Å²) < 4.78 is 62.8. The molecule has 0 bridgehead atoms. The second-order valence-electron chi connectivity index (χ2n) is 5.15. The first kappa shape index (κ1) is 15.0. The third-order valence-electron chi connectivity index (χ3n) is 3.37. The number of halogens is 5. The highest BCUT2D eigenvalue weighted by atomic mass is 19.4. The number of rotatable bonds is 3. The molecule has 9 heteroatoms. The number of hydrogen-bond acceptors (Lipinski definition) is 2. The van der Waals surface area contributed by atoms with Crippen LogP contribution >= 0.6 is 0 Å². The molecule has 4 nitrogen and oxygen atoms in total. The molecule has 0 unspecified atom stereocenters. The Labute approximate surface area is 111 Å². The van der Waals surface area contributed by atoms with Gasteiger partial charge in [-0.2, -0.15) is 18.3 Å². The van der Waals surface area contributed by atoms with Crippen molar-refractivity contribution >= 4 is 0 Å². The molecule has 1 aliphatic rings. The van der Waals surface area contributed by atoms with E-state index in [1.807, 2.05) is 0 Å². The molecule has 1 fully saturated rings. The van der Waals surface area contributed by atoms with Crippen LogP contribution in [-0.2, 0) is 13.0 Å². The normalized spacial score (nSPS) is 20.2. The van der Waals surface area contributed by atoms with Crippen molar-refractivity contribution in [2.24, 2.45) is 5.92 Å². The standard InChI is InChI=1S/C11H14F5N3O/c12-10(13)3-1-7(2-4-10)5-8-17-9(20)19(18-8)6-11(14,15)16/h7H,1-6H2,(H,17,18,20). The van der Waals surface area contributed by atoms with Crippen LogP contribution in [0.2, 0.25) is 0 Å². The van der Waals surface area contributed by atoms with E-state index in [1.165, 1.54) is 0 Å². The minimum atomic E-state index is -4.52. The largest absolute Gasteiger partial charge is 0.408 e. The van der Waals surface area contributed by atoms with Crippen molar-refractivity contribution in [1.29, 1.82) is 0 Å². The Morgan fingerprint density at radius 2 is 1.90 bits per heavy atom. The van der Waals surface area contributed by atoms with Crippen molar-refractivity contribution in [2.75, 3.05) is 0 Å². The summed E-state index contributed by atoms with van der Waals surface area (Å²) in [7, 11) is 0. The van der Waals surface area contributed by atoms with Gasteiger partial charge in [-0.3, -0.25) is 4.98 Å². The molecule has 114 valence electrons.